The summed E-state index contributed by atoms with van der Waals surface area (Å²) in [5.41, 5.74) is 1.18. The van der Waals surface area contributed by atoms with Gasteiger partial charge in [-0.1, -0.05) is 30.3 Å². The number of rotatable bonds is 1. The first-order chi connectivity index (χ1) is 6.43. The van der Waals surface area contributed by atoms with Gasteiger partial charge in [0.15, 0.2) is 0 Å². The molecule has 3 nitrogen and oxygen atoms in total. The summed E-state index contributed by atoms with van der Waals surface area (Å²) < 4.78 is 16.3. The lowest BCUT2D eigenvalue weighted by Gasteiger charge is -2.17. The first-order valence-electron chi connectivity index (χ1n) is 4.25. The fourth-order valence-corrected chi connectivity index (χ4v) is 2.86. The van der Waals surface area contributed by atoms with Crippen molar-refractivity contribution in [1.29, 1.82) is 0 Å². The molecule has 2 heterocycles. The molecular formula is C9H9O3P. The highest BCUT2D eigenvalue weighted by Crippen LogP contribution is 2.59. The van der Waals surface area contributed by atoms with Gasteiger partial charge in [-0.2, -0.15) is 0 Å². The molecule has 0 amide bonds. The van der Waals surface area contributed by atoms with E-state index < -0.39 is 8.60 Å². The Balaban J connectivity index is 1.87. The Morgan fingerprint density at radius 1 is 1.15 bits per heavy atom. The van der Waals surface area contributed by atoms with Gasteiger partial charge in [-0.05, 0) is 5.56 Å². The summed E-state index contributed by atoms with van der Waals surface area (Å²) >= 11 is 0. The summed E-state index contributed by atoms with van der Waals surface area (Å²) in [5, 5.41) is 0. The average molecular weight is 196 g/mol. The van der Waals surface area contributed by atoms with Crippen LogP contribution in [0.15, 0.2) is 30.3 Å². The van der Waals surface area contributed by atoms with Gasteiger partial charge in [0.1, 0.15) is 12.2 Å². The molecule has 3 atom stereocenters. The lowest BCUT2D eigenvalue weighted by Crippen LogP contribution is -2.19. The molecule has 0 radical (unpaired) electrons. The minimum absolute atomic E-state index is 0.0843. The molecule has 0 spiro atoms. The van der Waals surface area contributed by atoms with Crippen LogP contribution in [0, 0.1) is 0 Å². The summed E-state index contributed by atoms with van der Waals surface area (Å²) in [5.74, 6) is 0. The molecule has 2 bridgehead atoms. The van der Waals surface area contributed by atoms with Crippen LogP contribution in [0.25, 0.3) is 0 Å². The summed E-state index contributed by atoms with van der Waals surface area (Å²) in [6, 6.07) is 10.1. The molecule has 2 saturated heterocycles. The second-order valence-corrected chi connectivity index (χ2v) is 4.23. The van der Waals surface area contributed by atoms with Crippen LogP contribution < -0.4 is 0 Å². The summed E-state index contributed by atoms with van der Waals surface area (Å²) in [6.07, 6.45) is 0.189. The highest BCUT2D eigenvalue weighted by Gasteiger charge is 2.45. The minimum atomic E-state index is -1.03. The number of hydrogen-bond donors (Lipinski definition) is 0. The molecule has 0 aliphatic carbocycles. The Hall–Kier alpha value is -0.470. The maximum atomic E-state index is 5.57. The van der Waals surface area contributed by atoms with E-state index in [0.29, 0.717) is 6.61 Å². The largest absolute Gasteiger partial charge is 0.333 e. The van der Waals surface area contributed by atoms with Crippen molar-refractivity contribution in [3.8, 4) is 0 Å². The van der Waals surface area contributed by atoms with Crippen molar-refractivity contribution in [3.05, 3.63) is 35.9 Å². The van der Waals surface area contributed by atoms with E-state index in [2.05, 4.69) is 12.1 Å². The number of fused-ring (bicyclic) bond motifs is 2. The zero-order valence-electron chi connectivity index (χ0n) is 6.92. The molecule has 0 aromatic heterocycles. The van der Waals surface area contributed by atoms with E-state index in [-0.39, 0.29) is 12.2 Å². The maximum Gasteiger partial charge on any atom is 0.333 e. The van der Waals surface area contributed by atoms with Crippen molar-refractivity contribution in [2.75, 3.05) is 6.61 Å². The monoisotopic (exact) mass is 196 g/mol. The third-order valence-electron chi connectivity index (χ3n) is 2.23. The second-order valence-electron chi connectivity index (χ2n) is 3.10. The molecule has 13 heavy (non-hydrogen) atoms. The van der Waals surface area contributed by atoms with Crippen LogP contribution in [-0.2, 0) is 13.6 Å². The molecule has 2 aliphatic rings. The van der Waals surface area contributed by atoms with Crippen LogP contribution >= 0.6 is 8.60 Å². The van der Waals surface area contributed by atoms with Gasteiger partial charge >= 0.3 is 8.60 Å². The third-order valence-corrected chi connectivity index (χ3v) is 3.43. The molecular weight excluding hydrogens is 187 g/mol. The normalized spacial score (nSPS) is 36.8. The zero-order valence-corrected chi connectivity index (χ0v) is 7.81. The molecule has 1 unspecified atom stereocenters. The smallest absolute Gasteiger partial charge is 0.309 e. The van der Waals surface area contributed by atoms with Crippen molar-refractivity contribution in [2.24, 2.45) is 0 Å². The minimum Gasteiger partial charge on any atom is -0.309 e. The third kappa shape index (κ3) is 1.29. The van der Waals surface area contributed by atoms with Gasteiger partial charge in [-0.15, -0.1) is 0 Å². The Morgan fingerprint density at radius 3 is 2.62 bits per heavy atom. The SMILES string of the molecule is c1ccc([C@@H]2OP3OC[C@H]2O3)cc1. The fourth-order valence-electron chi connectivity index (χ4n) is 1.58. The average Bonchev–Trinajstić information content (AvgIpc) is 2.80. The van der Waals surface area contributed by atoms with Gasteiger partial charge in [0.05, 0.1) is 6.61 Å². The van der Waals surface area contributed by atoms with E-state index in [9.17, 15) is 0 Å². The molecule has 68 valence electrons. The van der Waals surface area contributed by atoms with Gasteiger partial charge in [0.25, 0.3) is 0 Å². The number of hydrogen-bond acceptors (Lipinski definition) is 3. The molecule has 1 aromatic rings. The van der Waals surface area contributed by atoms with Gasteiger partial charge in [0.2, 0.25) is 0 Å². The molecule has 1 aromatic carbocycles. The topological polar surface area (TPSA) is 27.7 Å². The summed E-state index contributed by atoms with van der Waals surface area (Å²) in [6.45, 7) is 0.672. The van der Waals surface area contributed by atoms with Crippen LogP contribution in [-0.4, -0.2) is 12.7 Å². The van der Waals surface area contributed by atoms with Crippen molar-refractivity contribution < 1.29 is 13.6 Å². The van der Waals surface area contributed by atoms with Crippen molar-refractivity contribution in [2.45, 2.75) is 12.2 Å². The molecule has 0 saturated carbocycles. The highest BCUT2D eigenvalue weighted by atomic mass is 31.2. The van der Waals surface area contributed by atoms with E-state index in [4.69, 9.17) is 13.6 Å². The Labute approximate surface area is 77.6 Å². The van der Waals surface area contributed by atoms with E-state index in [1.54, 1.807) is 0 Å². The number of benzene rings is 1. The van der Waals surface area contributed by atoms with Crippen LogP contribution in [0.2, 0.25) is 0 Å². The van der Waals surface area contributed by atoms with Crippen molar-refractivity contribution >= 4 is 8.60 Å². The quantitative estimate of drug-likeness (QED) is 0.645. The Bertz CT molecular complexity index is 303. The molecule has 2 fully saturated rings. The predicted octanol–water partition coefficient (Wildman–Crippen LogP) is 2.40. The Kier molecular flexibility index (Phi) is 1.84. The highest BCUT2D eigenvalue weighted by molar-refractivity contribution is 7.42. The van der Waals surface area contributed by atoms with E-state index in [0.717, 1.165) is 0 Å². The molecule has 0 N–H and O–H groups in total. The second kappa shape index (κ2) is 3.03. The fraction of sp³-hybridized carbons (Fsp3) is 0.333. The first kappa shape index (κ1) is 7.89. The van der Waals surface area contributed by atoms with Gasteiger partial charge in [0, 0.05) is 0 Å². The van der Waals surface area contributed by atoms with Crippen molar-refractivity contribution in [3.63, 3.8) is 0 Å². The van der Waals surface area contributed by atoms with Crippen molar-refractivity contribution in [1.82, 2.24) is 0 Å². The summed E-state index contributed by atoms with van der Waals surface area (Å²) in [4.78, 5) is 0. The zero-order chi connectivity index (χ0) is 8.67. The van der Waals surface area contributed by atoms with Gasteiger partial charge < -0.3 is 13.6 Å². The van der Waals surface area contributed by atoms with Gasteiger partial charge in [-0.25, -0.2) is 0 Å². The van der Waals surface area contributed by atoms with Crippen LogP contribution in [0.1, 0.15) is 11.7 Å². The standard InChI is InChI=1S/C9H9O3P/c1-2-4-7(5-3-1)9-8-6-10-13(11-8)12-9/h1-5,8-9H,6H2/t8-,9+,13?/m1/s1. The van der Waals surface area contributed by atoms with E-state index >= 15 is 0 Å². The van der Waals surface area contributed by atoms with Crippen LogP contribution in [0.3, 0.4) is 0 Å². The Morgan fingerprint density at radius 2 is 2.00 bits per heavy atom. The molecule has 2 aliphatic heterocycles. The van der Waals surface area contributed by atoms with Gasteiger partial charge in [-0.3, -0.25) is 0 Å². The first-order valence-corrected chi connectivity index (χ1v) is 5.34. The lowest BCUT2D eigenvalue weighted by atomic mass is 10.1. The van der Waals surface area contributed by atoms with Crippen LogP contribution in [0.4, 0.5) is 0 Å². The maximum absolute atomic E-state index is 5.57. The summed E-state index contributed by atoms with van der Waals surface area (Å²) in [7, 11) is -1.03. The molecule has 3 rings (SSSR count). The lowest BCUT2D eigenvalue weighted by molar-refractivity contribution is 0.102. The predicted molar refractivity (Wildman–Crippen MR) is 48.0 cm³/mol. The van der Waals surface area contributed by atoms with Crippen LogP contribution in [0.5, 0.6) is 0 Å². The molecule has 4 heteroatoms. The van der Waals surface area contributed by atoms with E-state index in [1.807, 2.05) is 18.2 Å². The van der Waals surface area contributed by atoms with E-state index in [1.165, 1.54) is 5.56 Å².